The van der Waals surface area contributed by atoms with Gasteiger partial charge < -0.3 is 19.9 Å². The Kier molecular flexibility index (Phi) is 9.27. The maximum Gasteiger partial charge on any atom is 0.326 e. The molecule has 5 aromatic carbocycles. The lowest BCUT2D eigenvalue weighted by atomic mass is 10.0. The van der Waals surface area contributed by atoms with Crippen LogP contribution in [0.4, 0.5) is 0 Å². The number of ether oxygens (including phenoxy) is 2. The predicted octanol–water partition coefficient (Wildman–Crippen LogP) is 6.94. The summed E-state index contributed by atoms with van der Waals surface area (Å²) >= 11 is 0. The van der Waals surface area contributed by atoms with Crippen molar-refractivity contribution in [3.8, 4) is 22.6 Å². The van der Waals surface area contributed by atoms with Crippen LogP contribution in [0.3, 0.4) is 0 Å². The third kappa shape index (κ3) is 7.64. The molecule has 5 aromatic rings. The number of hydrogen-bond donors (Lipinski definition) is 2. The molecular formula is C36H31NO5. The lowest BCUT2D eigenvalue weighted by molar-refractivity contribution is -0.139. The molecule has 0 spiro atoms. The number of aliphatic carboxylic acids is 1. The van der Waals surface area contributed by atoms with E-state index < -0.39 is 17.9 Å². The van der Waals surface area contributed by atoms with Crippen molar-refractivity contribution >= 4 is 11.9 Å². The topological polar surface area (TPSA) is 84.9 Å². The summed E-state index contributed by atoms with van der Waals surface area (Å²) < 4.78 is 12.2. The van der Waals surface area contributed by atoms with Crippen LogP contribution in [0.1, 0.15) is 27.0 Å². The van der Waals surface area contributed by atoms with Crippen LogP contribution in [0.15, 0.2) is 133 Å². The predicted molar refractivity (Wildman–Crippen MR) is 162 cm³/mol. The molecule has 1 atom stereocenters. The van der Waals surface area contributed by atoms with Crippen LogP contribution in [-0.2, 0) is 24.4 Å². The molecule has 0 aliphatic rings. The number of carbonyl (C=O) groups excluding carboxylic acids is 1. The second-order valence-electron chi connectivity index (χ2n) is 9.84. The van der Waals surface area contributed by atoms with Crippen LogP contribution in [0.25, 0.3) is 11.1 Å². The van der Waals surface area contributed by atoms with Crippen LogP contribution in [0.2, 0.25) is 0 Å². The van der Waals surface area contributed by atoms with Crippen molar-refractivity contribution in [2.45, 2.75) is 25.7 Å². The Morgan fingerprint density at radius 3 is 1.69 bits per heavy atom. The van der Waals surface area contributed by atoms with E-state index in [1.807, 2.05) is 103 Å². The molecule has 2 N–H and O–H groups in total. The molecule has 6 nitrogen and oxygen atoms in total. The van der Waals surface area contributed by atoms with Crippen LogP contribution < -0.4 is 14.8 Å². The highest BCUT2D eigenvalue weighted by Crippen LogP contribution is 2.31. The minimum absolute atomic E-state index is 0.0732. The molecule has 0 fully saturated rings. The quantitative estimate of drug-likeness (QED) is 0.174. The van der Waals surface area contributed by atoms with Gasteiger partial charge in [0.25, 0.3) is 5.91 Å². The van der Waals surface area contributed by atoms with Gasteiger partial charge in [-0.15, -0.1) is 0 Å². The molecule has 0 saturated heterocycles. The molecule has 0 aliphatic carbocycles. The highest BCUT2D eigenvalue weighted by Gasteiger charge is 2.22. The Labute approximate surface area is 245 Å². The van der Waals surface area contributed by atoms with E-state index in [4.69, 9.17) is 9.47 Å². The van der Waals surface area contributed by atoms with E-state index in [0.29, 0.717) is 35.8 Å². The summed E-state index contributed by atoms with van der Waals surface area (Å²) in [6.45, 7) is 0.683. The van der Waals surface area contributed by atoms with E-state index in [2.05, 4.69) is 5.32 Å². The molecular weight excluding hydrogens is 526 g/mol. The van der Waals surface area contributed by atoms with E-state index in [0.717, 1.165) is 22.3 Å². The second-order valence-corrected chi connectivity index (χ2v) is 9.84. The number of rotatable bonds is 12. The van der Waals surface area contributed by atoms with Gasteiger partial charge in [-0.1, -0.05) is 109 Å². The SMILES string of the molecule is O=C(N[C@H](Cc1ccc(OCc2ccccc2)c(OCc2ccccc2)c1)C(=O)O)c1ccc(-c2ccccc2)cc1. The number of nitrogens with one attached hydrogen (secondary N) is 1. The van der Waals surface area contributed by atoms with Crippen molar-refractivity contribution in [1.82, 2.24) is 5.32 Å². The maximum atomic E-state index is 13.0. The van der Waals surface area contributed by atoms with Gasteiger partial charge in [0.1, 0.15) is 19.3 Å². The number of carbonyl (C=O) groups is 2. The third-order valence-corrected chi connectivity index (χ3v) is 6.78. The van der Waals surface area contributed by atoms with Crippen molar-refractivity contribution in [1.29, 1.82) is 0 Å². The normalized spacial score (nSPS) is 11.3. The lowest BCUT2D eigenvalue weighted by Crippen LogP contribution is -2.42. The molecule has 0 aliphatic heterocycles. The number of benzene rings is 5. The largest absolute Gasteiger partial charge is 0.485 e. The van der Waals surface area contributed by atoms with E-state index in [-0.39, 0.29) is 6.42 Å². The van der Waals surface area contributed by atoms with Crippen molar-refractivity contribution in [3.63, 3.8) is 0 Å². The average molecular weight is 558 g/mol. The molecule has 0 radical (unpaired) electrons. The minimum Gasteiger partial charge on any atom is -0.485 e. The Balaban J connectivity index is 1.30. The zero-order valence-corrected chi connectivity index (χ0v) is 23.0. The number of hydrogen-bond acceptors (Lipinski definition) is 4. The van der Waals surface area contributed by atoms with Gasteiger partial charge in [-0.25, -0.2) is 4.79 Å². The monoisotopic (exact) mass is 557 g/mol. The number of carboxylic acids is 1. The van der Waals surface area contributed by atoms with Crippen molar-refractivity contribution < 1.29 is 24.2 Å². The molecule has 42 heavy (non-hydrogen) atoms. The zero-order chi connectivity index (χ0) is 29.1. The van der Waals surface area contributed by atoms with Crippen molar-refractivity contribution in [2.24, 2.45) is 0 Å². The first-order valence-corrected chi connectivity index (χ1v) is 13.7. The Bertz CT molecular complexity index is 1600. The highest BCUT2D eigenvalue weighted by molar-refractivity contribution is 5.97. The van der Waals surface area contributed by atoms with Crippen LogP contribution in [0, 0.1) is 0 Å². The summed E-state index contributed by atoms with van der Waals surface area (Å²) in [5.41, 5.74) is 5.09. The second kappa shape index (κ2) is 13.8. The van der Waals surface area contributed by atoms with Gasteiger partial charge >= 0.3 is 5.97 Å². The van der Waals surface area contributed by atoms with E-state index in [9.17, 15) is 14.7 Å². The molecule has 0 aromatic heterocycles. The van der Waals surface area contributed by atoms with Gasteiger partial charge in [-0.3, -0.25) is 4.79 Å². The summed E-state index contributed by atoms with van der Waals surface area (Å²) in [6.07, 6.45) is 0.0732. The van der Waals surface area contributed by atoms with Gasteiger partial charge in [-0.2, -0.15) is 0 Å². The summed E-state index contributed by atoms with van der Waals surface area (Å²) in [5.74, 6) is -0.530. The standard InChI is InChI=1S/C36H31NO5/c38-35(31-19-17-30(18-20-31)29-14-8-3-9-15-29)37-32(36(39)40)22-28-16-21-33(41-24-26-10-4-1-5-11-26)34(23-28)42-25-27-12-6-2-7-13-27/h1-21,23,32H,22,24-25H2,(H,37,38)(H,39,40)/t32-/m1/s1. The van der Waals surface area contributed by atoms with Gasteiger partial charge in [0, 0.05) is 12.0 Å². The van der Waals surface area contributed by atoms with E-state index in [1.54, 1.807) is 30.3 Å². The fourth-order valence-corrected chi connectivity index (χ4v) is 4.50. The highest BCUT2D eigenvalue weighted by atomic mass is 16.5. The first-order chi connectivity index (χ1) is 20.5. The molecule has 0 unspecified atom stereocenters. The van der Waals surface area contributed by atoms with E-state index in [1.165, 1.54) is 0 Å². The van der Waals surface area contributed by atoms with Gasteiger partial charge in [0.15, 0.2) is 11.5 Å². The molecule has 0 saturated carbocycles. The van der Waals surface area contributed by atoms with Crippen molar-refractivity contribution in [2.75, 3.05) is 0 Å². The lowest BCUT2D eigenvalue weighted by Gasteiger charge is -2.18. The third-order valence-electron chi connectivity index (χ3n) is 6.78. The Morgan fingerprint density at radius 1 is 0.595 bits per heavy atom. The maximum absolute atomic E-state index is 13.0. The van der Waals surface area contributed by atoms with E-state index >= 15 is 0 Å². The van der Waals surface area contributed by atoms with Gasteiger partial charge in [0.05, 0.1) is 0 Å². The first-order valence-electron chi connectivity index (χ1n) is 13.7. The Morgan fingerprint density at radius 2 is 1.12 bits per heavy atom. The van der Waals surface area contributed by atoms with Crippen LogP contribution in [-0.4, -0.2) is 23.0 Å². The molecule has 6 heteroatoms. The van der Waals surface area contributed by atoms with Gasteiger partial charge in [0.2, 0.25) is 0 Å². The minimum atomic E-state index is -1.13. The summed E-state index contributed by atoms with van der Waals surface area (Å²) in [6, 6.07) is 40.7. The Hall–Kier alpha value is -5.36. The number of carboxylic acid groups (broad SMARTS) is 1. The van der Waals surface area contributed by atoms with Crippen molar-refractivity contribution in [3.05, 3.63) is 156 Å². The zero-order valence-electron chi connectivity index (χ0n) is 23.0. The summed E-state index contributed by atoms with van der Waals surface area (Å²) in [7, 11) is 0. The smallest absolute Gasteiger partial charge is 0.326 e. The molecule has 5 rings (SSSR count). The molecule has 0 bridgehead atoms. The molecule has 1 amide bonds. The number of amides is 1. The fraction of sp³-hybridized carbons (Fsp3) is 0.111. The fourth-order valence-electron chi connectivity index (χ4n) is 4.50. The molecule has 0 heterocycles. The van der Waals surface area contributed by atoms with Crippen LogP contribution in [0.5, 0.6) is 11.5 Å². The van der Waals surface area contributed by atoms with Crippen LogP contribution >= 0.6 is 0 Å². The summed E-state index contributed by atoms with van der Waals surface area (Å²) in [4.78, 5) is 25.1. The average Bonchev–Trinajstić information content (AvgIpc) is 3.04. The molecule has 210 valence electrons. The summed E-state index contributed by atoms with van der Waals surface area (Å²) in [5, 5.41) is 12.6. The first kappa shape index (κ1) is 28.2. The van der Waals surface area contributed by atoms with Gasteiger partial charge in [-0.05, 0) is 52.1 Å².